The summed E-state index contributed by atoms with van der Waals surface area (Å²) < 4.78 is 11.0. The zero-order chi connectivity index (χ0) is 17.9. The second-order valence-corrected chi connectivity index (χ2v) is 7.44. The summed E-state index contributed by atoms with van der Waals surface area (Å²) in [5.41, 5.74) is 1.52. The Hall–Kier alpha value is -2.14. The fourth-order valence-corrected chi connectivity index (χ4v) is 3.90. The Labute approximate surface area is 148 Å². The summed E-state index contributed by atoms with van der Waals surface area (Å²) in [6, 6.07) is 10.6. The van der Waals surface area contributed by atoms with Crippen molar-refractivity contribution in [3.05, 3.63) is 53.7 Å². The summed E-state index contributed by atoms with van der Waals surface area (Å²) >= 11 is 0. The topological polar surface area (TPSA) is 64.4 Å². The molecule has 25 heavy (non-hydrogen) atoms. The van der Waals surface area contributed by atoms with E-state index in [1.54, 1.807) is 6.92 Å². The van der Waals surface area contributed by atoms with E-state index < -0.39 is 0 Å². The SMILES string of the molecule is Cc1ocnc1C(=O)NCC[C@@]1(c2ccccc2)CCOC(C)(C)C1. The lowest BCUT2D eigenvalue weighted by molar-refractivity contribution is -0.0838. The Balaban J connectivity index is 1.73. The predicted octanol–water partition coefficient (Wildman–Crippen LogP) is 3.63. The maximum Gasteiger partial charge on any atom is 0.273 e. The fraction of sp³-hybridized carbons (Fsp3) is 0.500. The molecule has 1 atom stereocenters. The Morgan fingerprint density at radius 2 is 2.04 bits per heavy atom. The van der Waals surface area contributed by atoms with Gasteiger partial charge in [0.15, 0.2) is 12.1 Å². The van der Waals surface area contributed by atoms with Crippen LogP contribution < -0.4 is 5.32 Å². The minimum atomic E-state index is -0.180. The summed E-state index contributed by atoms with van der Waals surface area (Å²) in [5, 5.41) is 2.99. The molecule has 1 saturated heterocycles. The average Bonchev–Trinajstić information content (AvgIpc) is 3.01. The Bertz CT molecular complexity index is 724. The second kappa shape index (κ2) is 7.00. The van der Waals surface area contributed by atoms with Crippen LogP contribution in [0.15, 0.2) is 41.1 Å². The summed E-state index contributed by atoms with van der Waals surface area (Å²) in [5.74, 6) is 0.364. The number of carbonyl (C=O) groups is 1. The first-order chi connectivity index (χ1) is 11.9. The van der Waals surface area contributed by atoms with Gasteiger partial charge in [-0.3, -0.25) is 4.79 Å². The van der Waals surface area contributed by atoms with Crippen LogP contribution in [0, 0.1) is 6.92 Å². The lowest BCUT2D eigenvalue weighted by Crippen LogP contribution is -2.45. The number of hydrogen-bond acceptors (Lipinski definition) is 4. The zero-order valence-corrected chi connectivity index (χ0v) is 15.2. The number of amides is 1. The van der Waals surface area contributed by atoms with Crippen molar-refractivity contribution in [2.24, 2.45) is 0 Å². The van der Waals surface area contributed by atoms with Gasteiger partial charge in [-0.25, -0.2) is 4.98 Å². The lowest BCUT2D eigenvalue weighted by Gasteiger charge is -2.45. The number of nitrogens with zero attached hydrogens (tertiary/aromatic N) is 1. The minimum Gasteiger partial charge on any atom is -0.448 e. The molecule has 1 fully saturated rings. The van der Waals surface area contributed by atoms with Crippen LogP contribution >= 0.6 is 0 Å². The van der Waals surface area contributed by atoms with Gasteiger partial charge in [-0.1, -0.05) is 30.3 Å². The molecule has 134 valence electrons. The van der Waals surface area contributed by atoms with Crippen LogP contribution in [-0.4, -0.2) is 29.6 Å². The van der Waals surface area contributed by atoms with Gasteiger partial charge in [0, 0.05) is 18.6 Å². The van der Waals surface area contributed by atoms with Crippen LogP contribution in [0.4, 0.5) is 0 Å². The Kier molecular flexibility index (Phi) is 4.95. The van der Waals surface area contributed by atoms with E-state index in [-0.39, 0.29) is 16.9 Å². The molecule has 1 aromatic heterocycles. The van der Waals surface area contributed by atoms with Gasteiger partial charge in [0.05, 0.1) is 5.60 Å². The standard InChI is InChI=1S/C20H26N2O3/c1-15-17(22-14-24-15)18(23)21-11-9-20(16-7-5-4-6-8-16)10-12-25-19(2,3)13-20/h4-8,14H,9-13H2,1-3H3,(H,21,23)/t20-/m1/s1. The number of oxazole rings is 1. The van der Waals surface area contributed by atoms with E-state index in [0.717, 1.165) is 25.9 Å². The molecule has 1 amide bonds. The van der Waals surface area contributed by atoms with E-state index in [1.165, 1.54) is 12.0 Å². The molecule has 0 bridgehead atoms. The maximum absolute atomic E-state index is 12.3. The molecule has 1 N–H and O–H groups in total. The van der Waals surface area contributed by atoms with Gasteiger partial charge in [-0.15, -0.1) is 0 Å². The highest BCUT2D eigenvalue weighted by Crippen LogP contribution is 2.43. The number of ether oxygens (including phenoxy) is 1. The molecule has 0 radical (unpaired) electrons. The summed E-state index contributed by atoms with van der Waals surface area (Å²) in [7, 11) is 0. The third-order valence-corrected chi connectivity index (χ3v) is 5.07. The minimum absolute atomic E-state index is 0.00909. The Morgan fingerprint density at radius 1 is 1.28 bits per heavy atom. The molecule has 0 saturated carbocycles. The second-order valence-electron chi connectivity index (χ2n) is 7.44. The third kappa shape index (κ3) is 3.93. The van der Waals surface area contributed by atoms with Crippen LogP contribution in [0.3, 0.4) is 0 Å². The zero-order valence-electron chi connectivity index (χ0n) is 15.2. The van der Waals surface area contributed by atoms with Crippen molar-refractivity contribution < 1.29 is 13.9 Å². The first-order valence-electron chi connectivity index (χ1n) is 8.80. The molecule has 5 nitrogen and oxygen atoms in total. The summed E-state index contributed by atoms with van der Waals surface area (Å²) in [6.07, 6.45) is 4.06. The van der Waals surface area contributed by atoms with E-state index in [1.807, 2.05) is 6.07 Å². The highest BCUT2D eigenvalue weighted by atomic mass is 16.5. The average molecular weight is 342 g/mol. The number of aromatic nitrogens is 1. The molecule has 2 heterocycles. The van der Waals surface area contributed by atoms with Gasteiger partial charge < -0.3 is 14.5 Å². The summed E-state index contributed by atoms with van der Waals surface area (Å²) in [6.45, 7) is 7.35. The van der Waals surface area contributed by atoms with E-state index >= 15 is 0 Å². The monoisotopic (exact) mass is 342 g/mol. The van der Waals surface area contributed by atoms with E-state index in [0.29, 0.717) is 18.0 Å². The summed E-state index contributed by atoms with van der Waals surface area (Å²) in [4.78, 5) is 16.3. The predicted molar refractivity (Wildman–Crippen MR) is 95.6 cm³/mol. The number of aryl methyl sites for hydroxylation is 1. The van der Waals surface area contributed by atoms with Gasteiger partial charge >= 0.3 is 0 Å². The largest absolute Gasteiger partial charge is 0.448 e. The van der Waals surface area contributed by atoms with Crippen LogP contribution in [0.25, 0.3) is 0 Å². The molecule has 5 heteroatoms. The van der Waals surface area contributed by atoms with Gasteiger partial charge in [-0.05, 0) is 45.6 Å². The van der Waals surface area contributed by atoms with Crippen LogP contribution in [0.5, 0.6) is 0 Å². The van der Waals surface area contributed by atoms with Crippen molar-refractivity contribution in [1.82, 2.24) is 10.3 Å². The van der Waals surface area contributed by atoms with Gasteiger partial charge in [-0.2, -0.15) is 0 Å². The van der Waals surface area contributed by atoms with Crippen molar-refractivity contribution >= 4 is 5.91 Å². The number of carbonyl (C=O) groups excluding carboxylic acids is 1. The van der Waals surface area contributed by atoms with Crippen molar-refractivity contribution in [3.8, 4) is 0 Å². The molecule has 0 unspecified atom stereocenters. The maximum atomic E-state index is 12.3. The number of nitrogens with one attached hydrogen (secondary N) is 1. The molecule has 1 aliphatic heterocycles. The Morgan fingerprint density at radius 3 is 2.68 bits per heavy atom. The number of hydrogen-bond donors (Lipinski definition) is 1. The van der Waals surface area contributed by atoms with Gasteiger partial charge in [0.25, 0.3) is 5.91 Å². The highest BCUT2D eigenvalue weighted by Gasteiger charge is 2.41. The van der Waals surface area contributed by atoms with E-state index in [2.05, 4.69) is 48.4 Å². The van der Waals surface area contributed by atoms with Crippen molar-refractivity contribution in [2.75, 3.05) is 13.2 Å². The van der Waals surface area contributed by atoms with Crippen molar-refractivity contribution in [1.29, 1.82) is 0 Å². The first-order valence-corrected chi connectivity index (χ1v) is 8.80. The fourth-order valence-electron chi connectivity index (χ4n) is 3.90. The molecule has 3 rings (SSSR count). The highest BCUT2D eigenvalue weighted by molar-refractivity contribution is 5.92. The number of benzene rings is 1. The molecular formula is C20H26N2O3. The van der Waals surface area contributed by atoms with Crippen LogP contribution in [-0.2, 0) is 10.2 Å². The molecular weight excluding hydrogens is 316 g/mol. The van der Waals surface area contributed by atoms with Crippen molar-refractivity contribution in [3.63, 3.8) is 0 Å². The first kappa shape index (κ1) is 17.7. The lowest BCUT2D eigenvalue weighted by atomic mass is 9.67. The van der Waals surface area contributed by atoms with Gasteiger partial charge in [0.1, 0.15) is 5.76 Å². The van der Waals surface area contributed by atoms with E-state index in [4.69, 9.17) is 9.15 Å². The molecule has 2 aromatic rings. The van der Waals surface area contributed by atoms with E-state index in [9.17, 15) is 4.79 Å². The molecule has 1 aliphatic rings. The molecule has 0 spiro atoms. The van der Waals surface area contributed by atoms with Crippen molar-refractivity contribution in [2.45, 2.75) is 51.0 Å². The molecule has 0 aliphatic carbocycles. The normalized spacial score (nSPS) is 22.5. The third-order valence-electron chi connectivity index (χ3n) is 5.07. The smallest absolute Gasteiger partial charge is 0.273 e. The quantitative estimate of drug-likeness (QED) is 0.901. The van der Waals surface area contributed by atoms with Gasteiger partial charge in [0.2, 0.25) is 0 Å². The van der Waals surface area contributed by atoms with Crippen LogP contribution in [0.1, 0.15) is 54.9 Å². The van der Waals surface area contributed by atoms with Crippen LogP contribution in [0.2, 0.25) is 0 Å². The molecule has 1 aromatic carbocycles. The number of rotatable bonds is 5.